The molecule has 0 radical (unpaired) electrons. The second kappa shape index (κ2) is 6.65. The number of carboxylic acid groups (broad SMARTS) is 1. The Bertz CT molecular complexity index is 521. The Morgan fingerprint density at radius 2 is 1.95 bits per heavy atom. The molecule has 0 aliphatic carbocycles. The summed E-state index contributed by atoms with van der Waals surface area (Å²) in [5.41, 5.74) is 5.77. The van der Waals surface area contributed by atoms with Crippen LogP contribution < -0.4 is 10.5 Å². The number of benzene rings is 1. The number of carbonyl (C=O) groups is 2. The van der Waals surface area contributed by atoms with Gasteiger partial charge in [-0.3, -0.25) is 4.79 Å². The van der Waals surface area contributed by atoms with Crippen LogP contribution in [0.5, 0.6) is 5.75 Å². The van der Waals surface area contributed by atoms with Gasteiger partial charge in [-0.25, -0.2) is 4.79 Å². The molecule has 0 amide bonds. The van der Waals surface area contributed by atoms with Crippen LogP contribution in [0.3, 0.4) is 0 Å². The first-order valence-electron chi connectivity index (χ1n) is 5.65. The lowest BCUT2D eigenvalue weighted by Crippen LogP contribution is -2.41. The molecule has 0 fully saturated rings. The molecule has 0 aromatic heterocycles. The molecule has 0 saturated carbocycles. The molecule has 0 heterocycles. The minimum Gasteiger partial charge on any atom is -0.482 e. The molecule has 110 valence electrons. The fourth-order valence-corrected chi connectivity index (χ4v) is 1.76. The van der Waals surface area contributed by atoms with E-state index in [0.29, 0.717) is 0 Å². The zero-order chi connectivity index (χ0) is 15.4. The van der Waals surface area contributed by atoms with E-state index in [1.807, 2.05) is 0 Å². The molecule has 1 aromatic rings. The molecule has 0 bridgehead atoms. The highest BCUT2D eigenvalue weighted by Crippen LogP contribution is 2.26. The monoisotopic (exact) mass is 301 g/mol. The first-order chi connectivity index (χ1) is 9.23. The number of Topliss-reactive ketones (excluding diaryl/α,β-unsaturated/α-hetero) is 1. The number of ketones is 1. The third-order valence-corrected chi connectivity index (χ3v) is 3.13. The Balaban J connectivity index is 2.89. The van der Waals surface area contributed by atoms with Crippen molar-refractivity contribution >= 4 is 26.7 Å². The quantitative estimate of drug-likeness (QED) is 0.425. The van der Waals surface area contributed by atoms with Crippen molar-refractivity contribution in [2.75, 3.05) is 5.73 Å². The summed E-state index contributed by atoms with van der Waals surface area (Å²) >= 11 is 0. The summed E-state index contributed by atoms with van der Waals surface area (Å²) in [7, 11) is 2.11. The third kappa shape index (κ3) is 3.90. The Kier molecular flexibility index (Phi) is 5.44. The SMILES string of the molecule is CC(=O)C(O)C(O)C(P)Oc1cc(C(=O)O)ccc1N. The highest BCUT2D eigenvalue weighted by Gasteiger charge is 2.28. The Morgan fingerprint density at radius 3 is 2.45 bits per heavy atom. The molecule has 8 heteroatoms. The van der Waals surface area contributed by atoms with Crippen LogP contribution in [0.2, 0.25) is 0 Å². The predicted molar refractivity (Wildman–Crippen MR) is 74.6 cm³/mol. The van der Waals surface area contributed by atoms with Crippen molar-refractivity contribution in [3.63, 3.8) is 0 Å². The molecule has 1 aromatic carbocycles. The van der Waals surface area contributed by atoms with E-state index in [1.54, 1.807) is 0 Å². The van der Waals surface area contributed by atoms with Crippen LogP contribution in [0, 0.1) is 0 Å². The average molecular weight is 301 g/mol. The summed E-state index contributed by atoms with van der Waals surface area (Å²) in [4.78, 5) is 21.8. The van der Waals surface area contributed by atoms with E-state index in [0.717, 1.165) is 6.92 Å². The summed E-state index contributed by atoms with van der Waals surface area (Å²) < 4.78 is 5.28. The van der Waals surface area contributed by atoms with Crippen LogP contribution in [-0.4, -0.2) is 45.1 Å². The Morgan fingerprint density at radius 1 is 1.35 bits per heavy atom. The first kappa shape index (κ1) is 16.4. The van der Waals surface area contributed by atoms with Crippen molar-refractivity contribution in [3.05, 3.63) is 23.8 Å². The lowest BCUT2D eigenvalue weighted by atomic mass is 10.1. The maximum absolute atomic E-state index is 11.0. The maximum Gasteiger partial charge on any atom is 0.335 e. The van der Waals surface area contributed by atoms with Crippen molar-refractivity contribution in [1.29, 1.82) is 0 Å². The van der Waals surface area contributed by atoms with E-state index in [1.165, 1.54) is 18.2 Å². The summed E-state index contributed by atoms with van der Waals surface area (Å²) in [5, 5.41) is 28.0. The number of aliphatic hydroxyl groups is 2. The molecule has 4 atom stereocenters. The number of aromatic carboxylic acids is 1. The topological polar surface area (TPSA) is 130 Å². The van der Waals surface area contributed by atoms with Crippen molar-refractivity contribution in [3.8, 4) is 5.75 Å². The molecule has 4 unspecified atom stereocenters. The molecule has 0 aliphatic rings. The number of hydrogen-bond donors (Lipinski definition) is 4. The van der Waals surface area contributed by atoms with Gasteiger partial charge in [-0.15, -0.1) is 0 Å². The molecule has 0 saturated heterocycles. The van der Waals surface area contributed by atoms with Gasteiger partial charge in [0.25, 0.3) is 0 Å². The lowest BCUT2D eigenvalue weighted by molar-refractivity contribution is -0.132. The summed E-state index contributed by atoms with van der Waals surface area (Å²) in [6, 6.07) is 3.86. The standard InChI is InChI=1S/C12H16NO6P/c1-5(14)9(15)10(16)12(20)19-8-4-6(11(17)18)2-3-7(8)13/h2-4,9-10,12,15-16H,13,20H2,1H3,(H,17,18). The minimum atomic E-state index is -1.60. The van der Waals surface area contributed by atoms with E-state index in [-0.39, 0.29) is 17.0 Å². The lowest BCUT2D eigenvalue weighted by Gasteiger charge is -2.23. The molecule has 1 rings (SSSR count). The zero-order valence-electron chi connectivity index (χ0n) is 10.7. The second-order valence-corrected chi connectivity index (χ2v) is 4.84. The van der Waals surface area contributed by atoms with Gasteiger partial charge in [-0.05, 0) is 25.1 Å². The zero-order valence-corrected chi connectivity index (χ0v) is 11.8. The minimum absolute atomic E-state index is 0.0343. The smallest absolute Gasteiger partial charge is 0.335 e. The number of carboxylic acids is 1. The highest BCUT2D eigenvalue weighted by atomic mass is 31.0. The molecular weight excluding hydrogens is 285 g/mol. The van der Waals surface area contributed by atoms with Gasteiger partial charge < -0.3 is 25.8 Å². The van der Waals surface area contributed by atoms with Gasteiger partial charge in [0, 0.05) is 0 Å². The van der Waals surface area contributed by atoms with Crippen LogP contribution in [0.15, 0.2) is 18.2 Å². The average Bonchev–Trinajstić information content (AvgIpc) is 2.38. The number of hydrogen-bond acceptors (Lipinski definition) is 6. The fourth-order valence-electron chi connectivity index (χ4n) is 1.41. The Labute approximate surface area is 117 Å². The van der Waals surface area contributed by atoms with E-state index < -0.39 is 29.8 Å². The van der Waals surface area contributed by atoms with Crippen molar-refractivity contribution in [1.82, 2.24) is 0 Å². The number of nitrogens with two attached hydrogens (primary N) is 1. The van der Waals surface area contributed by atoms with Gasteiger partial charge in [-0.2, -0.15) is 0 Å². The molecule has 0 spiro atoms. The number of ether oxygens (including phenoxy) is 1. The van der Waals surface area contributed by atoms with Crippen LogP contribution in [0.1, 0.15) is 17.3 Å². The van der Waals surface area contributed by atoms with Gasteiger partial charge in [-0.1, -0.05) is 9.24 Å². The van der Waals surface area contributed by atoms with Crippen molar-refractivity contribution in [2.45, 2.75) is 25.0 Å². The largest absolute Gasteiger partial charge is 0.482 e. The summed E-state index contributed by atoms with van der Waals surface area (Å²) in [6.45, 7) is 1.13. The Hall–Kier alpha value is -1.69. The van der Waals surface area contributed by atoms with Crippen LogP contribution in [0.4, 0.5) is 5.69 Å². The van der Waals surface area contributed by atoms with Crippen LogP contribution in [0.25, 0.3) is 0 Å². The van der Waals surface area contributed by atoms with Crippen molar-refractivity contribution in [2.24, 2.45) is 0 Å². The molecular formula is C12H16NO6P. The van der Waals surface area contributed by atoms with Gasteiger partial charge >= 0.3 is 5.97 Å². The van der Waals surface area contributed by atoms with E-state index in [2.05, 4.69) is 9.24 Å². The number of nitrogen functional groups attached to an aromatic ring is 1. The van der Waals surface area contributed by atoms with Gasteiger partial charge in [0.1, 0.15) is 23.8 Å². The van der Waals surface area contributed by atoms with Gasteiger partial charge in [0.15, 0.2) is 5.78 Å². The number of rotatable bonds is 6. The fraction of sp³-hybridized carbons (Fsp3) is 0.333. The van der Waals surface area contributed by atoms with E-state index >= 15 is 0 Å². The van der Waals surface area contributed by atoms with Crippen molar-refractivity contribution < 1.29 is 29.6 Å². The number of anilines is 1. The van der Waals surface area contributed by atoms with Gasteiger partial charge in [0.2, 0.25) is 0 Å². The van der Waals surface area contributed by atoms with Crippen LogP contribution in [-0.2, 0) is 4.79 Å². The summed E-state index contributed by atoms with van der Waals surface area (Å²) in [5.74, 6) is -2.75. The van der Waals surface area contributed by atoms with Crippen LogP contribution >= 0.6 is 9.24 Å². The first-order valence-corrected chi connectivity index (χ1v) is 6.32. The second-order valence-electron chi connectivity index (χ2n) is 4.19. The van der Waals surface area contributed by atoms with E-state index in [9.17, 15) is 19.8 Å². The number of carbonyl (C=O) groups excluding carboxylic acids is 1. The highest BCUT2D eigenvalue weighted by molar-refractivity contribution is 7.17. The third-order valence-electron chi connectivity index (χ3n) is 2.60. The predicted octanol–water partition coefficient (Wildman–Crippen LogP) is -0.142. The maximum atomic E-state index is 11.0. The molecule has 0 aliphatic heterocycles. The van der Waals surface area contributed by atoms with Gasteiger partial charge in [0.05, 0.1) is 11.3 Å². The number of aliphatic hydroxyl groups excluding tert-OH is 2. The summed E-state index contributed by atoms with van der Waals surface area (Å²) in [6.07, 6.45) is -3.08. The normalized spacial score (nSPS) is 15.2. The molecule has 5 N–H and O–H groups in total. The van der Waals surface area contributed by atoms with E-state index in [4.69, 9.17) is 15.6 Å². The molecule has 7 nitrogen and oxygen atoms in total. The molecule has 20 heavy (non-hydrogen) atoms.